The van der Waals surface area contributed by atoms with Gasteiger partial charge in [0.05, 0.1) is 5.60 Å². The summed E-state index contributed by atoms with van der Waals surface area (Å²) >= 11 is 2.83. The number of hydrogen-bond acceptors (Lipinski definition) is 6. The molecule has 0 aliphatic heterocycles. The molecule has 3 atom stereocenters. The first-order chi connectivity index (χ1) is 13.2. The van der Waals surface area contributed by atoms with Crippen LogP contribution in [0.3, 0.4) is 0 Å². The highest BCUT2D eigenvalue weighted by molar-refractivity contribution is 8.01. The number of hydrogen-bond donors (Lipinski definition) is 2. The third-order valence-corrected chi connectivity index (χ3v) is 7.10. The monoisotopic (exact) mass is 423 g/mol. The van der Waals surface area contributed by atoms with Crippen LogP contribution in [-0.2, 0) is 4.79 Å². The molecule has 28 heavy (non-hydrogen) atoms. The number of aromatic nitrogens is 1. The van der Waals surface area contributed by atoms with Gasteiger partial charge in [0.25, 0.3) is 0 Å². The Bertz CT molecular complexity index is 739. The zero-order valence-corrected chi connectivity index (χ0v) is 18.2. The Kier molecular flexibility index (Phi) is 8.46. The normalized spacial score (nSPS) is 21.9. The van der Waals surface area contributed by atoms with Crippen molar-refractivity contribution in [3.8, 4) is 0 Å². The van der Waals surface area contributed by atoms with Gasteiger partial charge < -0.3 is 10.2 Å². The van der Waals surface area contributed by atoms with Crippen LogP contribution in [0.1, 0.15) is 62.9 Å². The summed E-state index contributed by atoms with van der Waals surface area (Å²) in [6, 6.07) is 0. The lowest BCUT2D eigenvalue weighted by molar-refractivity contribution is -0.121. The molecule has 0 unspecified atom stereocenters. The number of aliphatic hydroxyl groups is 1. The van der Waals surface area contributed by atoms with Gasteiger partial charge in [-0.3, -0.25) is 4.79 Å². The highest BCUT2D eigenvalue weighted by Crippen LogP contribution is 2.35. The average molecular weight is 424 g/mol. The van der Waals surface area contributed by atoms with Gasteiger partial charge in [0.1, 0.15) is 5.78 Å². The Balaban J connectivity index is 1.82. The van der Waals surface area contributed by atoms with Crippen molar-refractivity contribution in [2.45, 2.75) is 62.3 Å². The Morgan fingerprint density at radius 1 is 1.54 bits per heavy atom. The predicted octanol–water partition coefficient (Wildman–Crippen LogP) is 4.97. The summed E-state index contributed by atoms with van der Waals surface area (Å²) < 4.78 is 0.725. The van der Waals surface area contributed by atoms with E-state index in [9.17, 15) is 14.7 Å². The third kappa shape index (κ3) is 7.18. The van der Waals surface area contributed by atoms with Gasteiger partial charge >= 0.3 is 5.97 Å². The number of thioether (sulfide) groups is 1. The Morgan fingerprint density at radius 3 is 2.93 bits per heavy atom. The summed E-state index contributed by atoms with van der Waals surface area (Å²) in [5.41, 5.74) is 0.388. The molecule has 1 saturated carbocycles. The van der Waals surface area contributed by atoms with Crippen LogP contribution >= 0.6 is 23.1 Å². The van der Waals surface area contributed by atoms with E-state index in [0.29, 0.717) is 25.0 Å². The molecule has 1 aromatic rings. The second-order valence-corrected chi connectivity index (χ2v) is 10.0. The van der Waals surface area contributed by atoms with Gasteiger partial charge in [0.2, 0.25) is 0 Å². The number of nitrogens with zero attached hydrogens (tertiary/aromatic N) is 1. The zero-order valence-electron chi connectivity index (χ0n) is 16.5. The minimum Gasteiger partial charge on any atom is -0.476 e. The van der Waals surface area contributed by atoms with Gasteiger partial charge in [-0.2, -0.15) is 0 Å². The lowest BCUT2D eigenvalue weighted by Crippen LogP contribution is -2.23. The van der Waals surface area contributed by atoms with E-state index in [-0.39, 0.29) is 17.5 Å². The van der Waals surface area contributed by atoms with Gasteiger partial charge in [0.15, 0.2) is 10.0 Å². The molecule has 1 aliphatic rings. The van der Waals surface area contributed by atoms with Crippen LogP contribution in [0.5, 0.6) is 0 Å². The lowest BCUT2D eigenvalue weighted by Gasteiger charge is -2.22. The van der Waals surface area contributed by atoms with Crippen LogP contribution in [-0.4, -0.2) is 38.3 Å². The van der Waals surface area contributed by atoms with Crippen LogP contribution in [0.4, 0.5) is 0 Å². The smallest absolute Gasteiger partial charge is 0.355 e. The summed E-state index contributed by atoms with van der Waals surface area (Å²) in [4.78, 5) is 27.2. The fourth-order valence-electron chi connectivity index (χ4n) is 3.32. The van der Waals surface area contributed by atoms with Crippen LogP contribution in [0, 0.1) is 11.8 Å². The number of ketones is 1. The molecule has 2 N–H and O–H groups in total. The Labute approximate surface area is 175 Å². The van der Waals surface area contributed by atoms with Crippen molar-refractivity contribution >= 4 is 34.9 Å². The van der Waals surface area contributed by atoms with E-state index >= 15 is 0 Å². The zero-order chi connectivity index (χ0) is 20.7. The number of Topliss-reactive ketones (excluding diaryl/α,β-unsaturated/α-hetero) is 1. The number of aromatic carboxylic acids is 1. The van der Waals surface area contributed by atoms with Gasteiger partial charge in [-0.05, 0) is 51.9 Å². The van der Waals surface area contributed by atoms with Crippen molar-refractivity contribution in [1.29, 1.82) is 0 Å². The largest absolute Gasteiger partial charge is 0.476 e. The molecule has 1 heterocycles. The number of carboxylic acids is 1. The molecule has 1 aromatic heterocycles. The van der Waals surface area contributed by atoms with Crippen LogP contribution in [0.25, 0.3) is 0 Å². The van der Waals surface area contributed by atoms with Crippen molar-refractivity contribution in [3.63, 3.8) is 0 Å². The summed E-state index contributed by atoms with van der Waals surface area (Å²) in [5, 5.41) is 20.9. The van der Waals surface area contributed by atoms with Gasteiger partial charge in [-0.15, -0.1) is 17.9 Å². The minimum absolute atomic E-state index is 0.00280. The van der Waals surface area contributed by atoms with E-state index in [1.165, 1.54) is 28.5 Å². The Hall–Kier alpha value is -1.44. The van der Waals surface area contributed by atoms with E-state index in [1.54, 1.807) is 0 Å². The number of carbonyl (C=O) groups is 2. The topological polar surface area (TPSA) is 87.5 Å². The number of thiazole rings is 1. The van der Waals surface area contributed by atoms with E-state index < -0.39 is 11.6 Å². The van der Waals surface area contributed by atoms with Crippen molar-refractivity contribution < 1.29 is 19.8 Å². The molecule has 0 aromatic carbocycles. The lowest BCUT2D eigenvalue weighted by atomic mass is 9.90. The van der Waals surface area contributed by atoms with E-state index in [1.807, 2.05) is 19.9 Å². The molecular formula is C21H29NO4S2. The molecule has 5 nitrogen and oxygen atoms in total. The minimum atomic E-state index is -1.02. The molecule has 154 valence electrons. The first-order valence-corrected chi connectivity index (χ1v) is 11.4. The summed E-state index contributed by atoms with van der Waals surface area (Å²) in [5.74, 6) is 0.246. The first kappa shape index (κ1) is 22.8. The van der Waals surface area contributed by atoms with Crippen LogP contribution in [0.2, 0.25) is 0 Å². The van der Waals surface area contributed by atoms with Crippen molar-refractivity contribution in [1.82, 2.24) is 4.98 Å². The fraction of sp³-hybridized carbons (Fsp3) is 0.571. The predicted molar refractivity (Wildman–Crippen MR) is 114 cm³/mol. The highest BCUT2D eigenvalue weighted by atomic mass is 32.2. The van der Waals surface area contributed by atoms with Crippen LogP contribution < -0.4 is 0 Å². The van der Waals surface area contributed by atoms with Gasteiger partial charge in [-0.25, -0.2) is 9.78 Å². The molecule has 0 bridgehead atoms. The molecule has 2 rings (SSSR count). The number of carbonyl (C=O) groups excluding carboxylic acids is 1. The van der Waals surface area contributed by atoms with Crippen molar-refractivity contribution in [2.75, 3.05) is 5.75 Å². The SMILES string of the molecule is C=C(C)CC[C@](C)(O)CC=C[C@H]1CCC(=O)[C@@H]1CCSc1nc(C(=O)O)cs1. The van der Waals surface area contributed by atoms with Crippen molar-refractivity contribution in [3.05, 3.63) is 35.4 Å². The molecule has 0 saturated heterocycles. The molecule has 0 spiro atoms. The average Bonchev–Trinajstić information content (AvgIpc) is 3.22. The standard InChI is InChI=1S/C21H29NO4S2/c1-14(2)8-11-21(3,26)10-4-5-15-6-7-18(23)16(15)9-12-27-20-22-17(13-28-20)19(24)25/h4-5,13,15-16,26H,1,6-12H2,2-3H3,(H,24,25)/t15-,16+,21+/m0/s1. The quantitative estimate of drug-likeness (QED) is 0.386. The molecule has 0 amide bonds. The Morgan fingerprint density at radius 2 is 2.29 bits per heavy atom. The van der Waals surface area contributed by atoms with E-state index in [4.69, 9.17) is 5.11 Å². The molecule has 1 fully saturated rings. The molecule has 0 radical (unpaired) electrons. The number of carboxylic acid groups (broad SMARTS) is 1. The molecular weight excluding hydrogens is 394 g/mol. The maximum absolute atomic E-state index is 12.3. The number of allylic oxidation sites excluding steroid dienone is 2. The first-order valence-electron chi connectivity index (χ1n) is 9.56. The van der Waals surface area contributed by atoms with E-state index in [2.05, 4.69) is 17.6 Å². The third-order valence-electron chi connectivity index (χ3n) is 5.04. The summed E-state index contributed by atoms with van der Waals surface area (Å²) in [7, 11) is 0. The second kappa shape index (κ2) is 10.4. The fourth-order valence-corrected chi connectivity index (χ4v) is 5.21. The van der Waals surface area contributed by atoms with E-state index in [0.717, 1.165) is 34.9 Å². The van der Waals surface area contributed by atoms with Gasteiger partial charge in [0, 0.05) is 23.5 Å². The molecule has 1 aliphatic carbocycles. The summed E-state index contributed by atoms with van der Waals surface area (Å²) in [6.45, 7) is 7.68. The second-order valence-electron chi connectivity index (χ2n) is 7.80. The van der Waals surface area contributed by atoms with Gasteiger partial charge in [-0.1, -0.05) is 29.5 Å². The van der Waals surface area contributed by atoms with Crippen molar-refractivity contribution in [2.24, 2.45) is 11.8 Å². The maximum Gasteiger partial charge on any atom is 0.355 e. The summed E-state index contributed by atoms with van der Waals surface area (Å²) in [6.07, 6.45) is 8.40. The highest BCUT2D eigenvalue weighted by Gasteiger charge is 2.32. The maximum atomic E-state index is 12.3. The molecule has 7 heteroatoms. The number of rotatable bonds is 11. The van der Waals surface area contributed by atoms with Crippen LogP contribution in [0.15, 0.2) is 34.0 Å².